The second-order valence-corrected chi connectivity index (χ2v) is 12.7. The molecule has 6 rings (SSSR count). The standard InChI is InChI=1S/C33H40NO/c1-21-27(25-20-23(15-18-34(25)6)19-22-11-7-8-12-22)31-28(24-13-9-10-14-26(24)35-31)30-29(21)32(2,3)16-17-33(30,4)5/h9-10,13-15,18,20,22H,7-8,11-12,16-17,19H2,1-6H3/q+1. The van der Waals surface area contributed by atoms with Crippen molar-refractivity contribution in [2.75, 3.05) is 0 Å². The van der Waals surface area contributed by atoms with Crippen LogP contribution in [0.4, 0.5) is 0 Å². The third-order valence-electron chi connectivity index (χ3n) is 9.27. The third kappa shape index (κ3) is 3.55. The molecule has 2 aromatic carbocycles. The van der Waals surface area contributed by atoms with Crippen LogP contribution in [0.25, 0.3) is 33.2 Å². The second kappa shape index (κ2) is 7.95. The highest BCUT2D eigenvalue weighted by Gasteiger charge is 2.42. The summed E-state index contributed by atoms with van der Waals surface area (Å²) < 4.78 is 9.07. The number of aryl methyl sites for hydroxylation is 1. The highest BCUT2D eigenvalue weighted by molar-refractivity contribution is 6.12. The van der Waals surface area contributed by atoms with Crippen LogP contribution in [0.5, 0.6) is 0 Å². The molecular formula is C33H40NO+. The van der Waals surface area contributed by atoms with Gasteiger partial charge < -0.3 is 4.42 Å². The fourth-order valence-electron chi connectivity index (χ4n) is 7.32. The molecule has 1 saturated carbocycles. The monoisotopic (exact) mass is 466 g/mol. The predicted molar refractivity (Wildman–Crippen MR) is 146 cm³/mol. The Hall–Kier alpha value is -2.61. The maximum atomic E-state index is 6.76. The summed E-state index contributed by atoms with van der Waals surface area (Å²) in [6.45, 7) is 12.1. The lowest BCUT2D eigenvalue weighted by atomic mass is 9.60. The van der Waals surface area contributed by atoms with Crippen LogP contribution in [0.2, 0.25) is 0 Å². The van der Waals surface area contributed by atoms with Gasteiger partial charge in [0.05, 0.1) is 5.56 Å². The van der Waals surface area contributed by atoms with Crippen molar-refractivity contribution >= 4 is 21.9 Å². The molecule has 2 aromatic heterocycles. The quantitative estimate of drug-likeness (QED) is 0.277. The van der Waals surface area contributed by atoms with Crippen molar-refractivity contribution < 1.29 is 8.98 Å². The number of aromatic nitrogens is 1. The average molecular weight is 467 g/mol. The van der Waals surface area contributed by atoms with Crippen molar-refractivity contribution in [2.45, 2.75) is 90.4 Å². The van der Waals surface area contributed by atoms with E-state index in [1.807, 2.05) is 0 Å². The van der Waals surface area contributed by atoms with Crippen LogP contribution in [0.15, 0.2) is 47.0 Å². The molecule has 0 aliphatic heterocycles. The van der Waals surface area contributed by atoms with Gasteiger partial charge >= 0.3 is 0 Å². The maximum absolute atomic E-state index is 6.76. The predicted octanol–water partition coefficient (Wildman–Crippen LogP) is 8.47. The lowest BCUT2D eigenvalue weighted by Crippen LogP contribution is -2.36. The summed E-state index contributed by atoms with van der Waals surface area (Å²) in [6, 6.07) is 13.4. The minimum atomic E-state index is 0.117. The zero-order chi connectivity index (χ0) is 24.5. The zero-order valence-electron chi connectivity index (χ0n) is 22.4. The third-order valence-corrected chi connectivity index (χ3v) is 9.27. The van der Waals surface area contributed by atoms with Crippen LogP contribution in [0.1, 0.15) is 88.5 Å². The molecule has 35 heavy (non-hydrogen) atoms. The number of furan rings is 1. The molecule has 2 aliphatic rings. The Bertz CT molecular complexity index is 1450. The molecule has 2 heteroatoms. The molecule has 182 valence electrons. The highest BCUT2D eigenvalue weighted by atomic mass is 16.3. The van der Waals surface area contributed by atoms with Gasteiger partial charge in [0, 0.05) is 22.9 Å². The van der Waals surface area contributed by atoms with Crippen molar-refractivity contribution in [2.24, 2.45) is 13.0 Å². The van der Waals surface area contributed by atoms with Crippen molar-refractivity contribution in [1.29, 1.82) is 0 Å². The van der Waals surface area contributed by atoms with E-state index < -0.39 is 0 Å². The van der Waals surface area contributed by atoms with Gasteiger partial charge in [-0.1, -0.05) is 71.6 Å². The van der Waals surface area contributed by atoms with E-state index in [1.165, 1.54) is 83.7 Å². The van der Waals surface area contributed by atoms with Crippen LogP contribution in [0, 0.1) is 12.8 Å². The van der Waals surface area contributed by atoms with Crippen molar-refractivity contribution in [3.63, 3.8) is 0 Å². The van der Waals surface area contributed by atoms with Crippen molar-refractivity contribution in [3.05, 3.63) is 64.8 Å². The van der Waals surface area contributed by atoms with E-state index in [0.717, 1.165) is 17.1 Å². The van der Waals surface area contributed by atoms with Gasteiger partial charge in [0.25, 0.3) is 0 Å². The van der Waals surface area contributed by atoms with Crippen molar-refractivity contribution in [3.8, 4) is 11.3 Å². The number of rotatable bonds is 3. The summed E-state index contributed by atoms with van der Waals surface area (Å²) in [5, 5.41) is 2.60. The number of nitrogens with zero attached hydrogens (tertiary/aromatic N) is 1. The lowest BCUT2D eigenvalue weighted by Gasteiger charge is -2.43. The first-order valence-corrected chi connectivity index (χ1v) is 13.6. The Morgan fingerprint density at radius 1 is 0.943 bits per heavy atom. The summed E-state index contributed by atoms with van der Waals surface area (Å²) in [7, 11) is 2.19. The normalized spacial score (nSPS) is 19.5. The smallest absolute Gasteiger partial charge is 0.216 e. The Morgan fingerprint density at radius 3 is 2.37 bits per heavy atom. The summed E-state index contributed by atoms with van der Waals surface area (Å²) in [6.07, 6.45) is 11.4. The van der Waals surface area contributed by atoms with E-state index in [1.54, 1.807) is 5.56 Å². The van der Waals surface area contributed by atoms with Crippen LogP contribution < -0.4 is 4.57 Å². The first-order chi connectivity index (χ1) is 16.7. The first-order valence-electron chi connectivity index (χ1n) is 13.6. The molecule has 0 spiro atoms. The molecule has 0 amide bonds. The molecule has 4 aromatic rings. The largest absolute Gasteiger partial charge is 0.455 e. The highest BCUT2D eigenvalue weighted by Crippen LogP contribution is 2.54. The minimum Gasteiger partial charge on any atom is -0.455 e. The van der Waals surface area contributed by atoms with Crippen LogP contribution in [-0.4, -0.2) is 0 Å². The maximum Gasteiger partial charge on any atom is 0.216 e. The van der Waals surface area contributed by atoms with Gasteiger partial charge in [0.1, 0.15) is 18.2 Å². The number of hydrogen-bond donors (Lipinski definition) is 0. The Kier molecular flexibility index (Phi) is 5.18. The van der Waals surface area contributed by atoms with Crippen molar-refractivity contribution in [1.82, 2.24) is 0 Å². The topological polar surface area (TPSA) is 17.0 Å². The summed E-state index contributed by atoms with van der Waals surface area (Å²) >= 11 is 0. The Morgan fingerprint density at radius 2 is 1.63 bits per heavy atom. The summed E-state index contributed by atoms with van der Waals surface area (Å²) in [5.41, 5.74) is 10.8. The van der Waals surface area contributed by atoms with Gasteiger partial charge in [-0.15, -0.1) is 0 Å². The van der Waals surface area contributed by atoms with Gasteiger partial charge in [-0.3, -0.25) is 0 Å². The van der Waals surface area contributed by atoms with Gasteiger partial charge in [-0.25, -0.2) is 4.57 Å². The number of fused-ring (bicyclic) bond motifs is 5. The van der Waals surface area contributed by atoms with E-state index in [-0.39, 0.29) is 10.8 Å². The number of hydrogen-bond acceptors (Lipinski definition) is 1. The fourth-order valence-corrected chi connectivity index (χ4v) is 7.32. The van der Waals surface area contributed by atoms with E-state index in [9.17, 15) is 0 Å². The average Bonchev–Trinajstić information content (AvgIpc) is 3.45. The van der Waals surface area contributed by atoms with E-state index in [4.69, 9.17) is 4.42 Å². The zero-order valence-corrected chi connectivity index (χ0v) is 22.4. The lowest BCUT2D eigenvalue weighted by molar-refractivity contribution is -0.660. The molecule has 0 unspecified atom stereocenters. The molecule has 1 fully saturated rings. The first kappa shape index (κ1) is 22.8. The molecule has 0 saturated heterocycles. The summed E-state index contributed by atoms with van der Waals surface area (Å²) in [4.78, 5) is 0. The number of pyridine rings is 1. The molecule has 0 bridgehead atoms. The molecule has 2 nitrogen and oxygen atoms in total. The van der Waals surface area contributed by atoms with E-state index in [0.29, 0.717) is 0 Å². The van der Waals surface area contributed by atoms with Gasteiger partial charge in [0.15, 0.2) is 6.20 Å². The second-order valence-electron chi connectivity index (χ2n) is 12.7. The molecule has 0 atom stereocenters. The van der Waals surface area contributed by atoms with E-state index >= 15 is 0 Å². The van der Waals surface area contributed by atoms with Crippen LogP contribution in [0.3, 0.4) is 0 Å². The van der Waals surface area contributed by atoms with Gasteiger partial charge in [-0.05, 0) is 71.3 Å². The molecular weight excluding hydrogens is 426 g/mol. The number of benzene rings is 2. The summed E-state index contributed by atoms with van der Waals surface area (Å²) in [5.74, 6) is 0.839. The molecule has 2 heterocycles. The fraction of sp³-hybridized carbons (Fsp3) is 0.485. The van der Waals surface area contributed by atoms with Gasteiger partial charge in [-0.2, -0.15) is 0 Å². The Labute approximate surface area is 210 Å². The van der Waals surface area contributed by atoms with Gasteiger partial charge in [0.2, 0.25) is 5.69 Å². The minimum absolute atomic E-state index is 0.117. The SMILES string of the molecule is Cc1c2c(c3c(oc4ccccc43)c1-c1cc(CC3CCCC3)cc[n+]1C)C(C)(C)CCC2(C)C. The molecule has 0 N–H and O–H groups in total. The van der Waals surface area contributed by atoms with Crippen LogP contribution in [-0.2, 0) is 24.3 Å². The number of para-hydroxylation sites is 1. The Balaban J connectivity index is 1.70. The molecule has 2 aliphatic carbocycles. The van der Waals surface area contributed by atoms with Crippen LogP contribution >= 0.6 is 0 Å². The van der Waals surface area contributed by atoms with E-state index in [2.05, 4.69) is 88.8 Å². The molecule has 0 radical (unpaired) electrons.